The third-order valence-electron chi connectivity index (χ3n) is 2.48. The zero-order chi connectivity index (χ0) is 11.9. The first-order valence-electron chi connectivity index (χ1n) is 5.88. The fraction of sp³-hybridized carbons (Fsp3) is 1.00. The first kappa shape index (κ1) is 14.9. The molecule has 0 saturated heterocycles. The maximum absolute atomic E-state index is 10.9. The van der Waals surface area contributed by atoms with Crippen LogP contribution in [0.4, 0.5) is 0 Å². The zero-order valence-corrected chi connectivity index (χ0v) is 11.2. The van der Waals surface area contributed by atoms with Gasteiger partial charge in [-0.25, -0.2) is 13.1 Å². The molecule has 0 aromatic carbocycles. The van der Waals surface area contributed by atoms with Crippen molar-refractivity contribution in [2.24, 2.45) is 5.92 Å². The number of rotatable bonds is 2. The van der Waals surface area contributed by atoms with Gasteiger partial charge in [0.25, 0.3) is 0 Å². The molecule has 0 aromatic rings. The Balaban J connectivity index is 0.000000583. The smallest absolute Gasteiger partial charge is 0.208 e. The highest BCUT2D eigenvalue weighted by Crippen LogP contribution is 2.23. The molecule has 0 bridgehead atoms. The maximum atomic E-state index is 10.9. The van der Waals surface area contributed by atoms with Crippen molar-refractivity contribution in [3.8, 4) is 0 Å². The molecule has 0 aliphatic heterocycles. The van der Waals surface area contributed by atoms with E-state index in [1.165, 1.54) is 19.1 Å². The summed E-state index contributed by atoms with van der Waals surface area (Å²) in [7, 11) is -3.01. The second-order valence-corrected chi connectivity index (χ2v) is 6.25. The Kier molecular flexibility index (Phi) is 7.18. The molecule has 1 fully saturated rings. The Morgan fingerprint density at radius 3 is 2.07 bits per heavy atom. The summed E-state index contributed by atoms with van der Waals surface area (Å²) in [6.45, 7) is 6.36. The van der Waals surface area contributed by atoms with Crippen LogP contribution in [0.25, 0.3) is 0 Å². The van der Waals surface area contributed by atoms with Crippen LogP contribution < -0.4 is 4.72 Å². The van der Waals surface area contributed by atoms with Crippen molar-refractivity contribution in [3.63, 3.8) is 0 Å². The lowest BCUT2D eigenvalue weighted by Gasteiger charge is -2.28. The van der Waals surface area contributed by atoms with E-state index >= 15 is 0 Å². The van der Waals surface area contributed by atoms with E-state index in [4.69, 9.17) is 0 Å². The topological polar surface area (TPSA) is 46.2 Å². The minimum absolute atomic E-state index is 0.175. The van der Waals surface area contributed by atoms with Crippen molar-refractivity contribution >= 4 is 10.0 Å². The summed E-state index contributed by atoms with van der Waals surface area (Å²) >= 11 is 0. The molecule has 1 saturated carbocycles. The van der Waals surface area contributed by atoms with E-state index in [2.05, 4.69) is 25.5 Å². The van der Waals surface area contributed by atoms with Gasteiger partial charge in [0.1, 0.15) is 0 Å². The molecule has 92 valence electrons. The number of nitrogens with one attached hydrogen (secondary N) is 1. The van der Waals surface area contributed by atoms with Gasteiger partial charge in [-0.15, -0.1) is 0 Å². The highest BCUT2D eigenvalue weighted by molar-refractivity contribution is 7.88. The highest BCUT2D eigenvalue weighted by Gasteiger charge is 2.23. The molecule has 2 atom stereocenters. The van der Waals surface area contributed by atoms with E-state index in [0.29, 0.717) is 5.92 Å². The second-order valence-electron chi connectivity index (χ2n) is 4.47. The average Bonchev–Trinajstić information content (AvgIpc) is 2.08. The predicted octanol–water partition coefficient (Wildman–Crippen LogP) is 2.53. The third-order valence-corrected chi connectivity index (χ3v) is 3.21. The van der Waals surface area contributed by atoms with Crippen LogP contribution in [-0.2, 0) is 10.0 Å². The molecule has 0 unspecified atom stereocenters. The van der Waals surface area contributed by atoms with Gasteiger partial charge in [-0.05, 0) is 18.8 Å². The maximum Gasteiger partial charge on any atom is 0.208 e. The Labute approximate surface area is 94.7 Å². The van der Waals surface area contributed by atoms with Crippen molar-refractivity contribution < 1.29 is 8.42 Å². The van der Waals surface area contributed by atoms with E-state index in [-0.39, 0.29) is 6.04 Å². The summed E-state index contributed by atoms with van der Waals surface area (Å²) in [5, 5.41) is 0. The third kappa shape index (κ3) is 7.79. The van der Waals surface area contributed by atoms with Gasteiger partial charge in [0.2, 0.25) is 10.0 Å². The van der Waals surface area contributed by atoms with Gasteiger partial charge in [0.15, 0.2) is 0 Å². The van der Waals surface area contributed by atoms with Crippen molar-refractivity contribution in [1.82, 2.24) is 4.72 Å². The van der Waals surface area contributed by atoms with Crippen LogP contribution in [0, 0.1) is 5.92 Å². The van der Waals surface area contributed by atoms with E-state index in [1.807, 2.05) is 0 Å². The molecule has 0 amide bonds. The molecule has 3 nitrogen and oxygen atoms in total. The van der Waals surface area contributed by atoms with Gasteiger partial charge < -0.3 is 0 Å². The normalized spacial score (nSPS) is 26.7. The van der Waals surface area contributed by atoms with E-state index < -0.39 is 10.0 Å². The van der Waals surface area contributed by atoms with E-state index in [0.717, 1.165) is 19.3 Å². The first-order valence-corrected chi connectivity index (χ1v) is 7.77. The van der Waals surface area contributed by atoms with Gasteiger partial charge in [0.05, 0.1) is 6.26 Å². The molecular weight excluding hydrogens is 210 g/mol. The van der Waals surface area contributed by atoms with Gasteiger partial charge in [-0.3, -0.25) is 0 Å². The summed E-state index contributed by atoms with van der Waals surface area (Å²) in [6, 6.07) is 0.175. The van der Waals surface area contributed by atoms with E-state index in [1.54, 1.807) is 0 Å². The standard InChI is InChI=1S/C8H17NO2S.C3H8/c1-7-5-3-4-6-8(7)9-12(2,10)11;1-3-2/h7-9H,3-6H2,1-2H3;3H2,1-2H3/t7-,8-;/m0./s1. The number of hydrogen-bond acceptors (Lipinski definition) is 2. The molecule has 15 heavy (non-hydrogen) atoms. The number of hydrogen-bond donors (Lipinski definition) is 1. The Hall–Kier alpha value is -0.0900. The van der Waals surface area contributed by atoms with Crippen molar-refractivity contribution in [3.05, 3.63) is 0 Å². The van der Waals surface area contributed by atoms with E-state index in [9.17, 15) is 8.42 Å². The van der Waals surface area contributed by atoms with Crippen LogP contribution in [0.2, 0.25) is 0 Å². The highest BCUT2D eigenvalue weighted by atomic mass is 32.2. The molecule has 1 aliphatic rings. The minimum atomic E-state index is -3.01. The monoisotopic (exact) mass is 235 g/mol. The summed E-state index contributed by atoms with van der Waals surface area (Å²) in [4.78, 5) is 0. The van der Waals surface area contributed by atoms with Crippen molar-refractivity contribution in [2.75, 3.05) is 6.26 Å². The summed E-state index contributed by atoms with van der Waals surface area (Å²) in [5.74, 6) is 0.494. The van der Waals surface area contributed by atoms with Gasteiger partial charge in [-0.1, -0.05) is 40.0 Å². The molecule has 0 aromatic heterocycles. The van der Waals surface area contributed by atoms with Crippen LogP contribution in [-0.4, -0.2) is 20.7 Å². The molecule has 1 N–H and O–H groups in total. The second kappa shape index (κ2) is 7.23. The molecule has 0 heterocycles. The SMILES string of the molecule is CCC.C[C@H]1CCCC[C@@H]1NS(C)(=O)=O. The van der Waals surface area contributed by atoms with Gasteiger partial charge in [-0.2, -0.15) is 0 Å². The Bertz CT molecular complexity index is 249. The van der Waals surface area contributed by atoms with Gasteiger partial charge in [0, 0.05) is 6.04 Å². The largest absolute Gasteiger partial charge is 0.213 e. The lowest BCUT2D eigenvalue weighted by Crippen LogP contribution is -2.40. The summed E-state index contributed by atoms with van der Waals surface area (Å²) in [6.07, 6.45) is 7.01. The number of sulfonamides is 1. The molecular formula is C11H25NO2S. The van der Waals surface area contributed by atoms with Gasteiger partial charge >= 0.3 is 0 Å². The zero-order valence-electron chi connectivity index (χ0n) is 10.4. The lowest BCUT2D eigenvalue weighted by atomic mass is 9.87. The van der Waals surface area contributed by atoms with Crippen LogP contribution in [0.3, 0.4) is 0 Å². The molecule has 1 rings (SSSR count). The first-order chi connectivity index (χ1) is 6.90. The minimum Gasteiger partial charge on any atom is -0.213 e. The lowest BCUT2D eigenvalue weighted by molar-refractivity contribution is 0.311. The average molecular weight is 235 g/mol. The summed E-state index contributed by atoms with van der Waals surface area (Å²) < 4.78 is 24.5. The fourth-order valence-electron chi connectivity index (χ4n) is 1.77. The fourth-order valence-corrected chi connectivity index (χ4v) is 2.67. The van der Waals surface area contributed by atoms with Crippen LogP contribution >= 0.6 is 0 Å². The van der Waals surface area contributed by atoms with Crippen LogP contribution in [0.5, 0.6) is 0 Å². The Morgan fingerprint density at radius 2 is 1.67 bits per heavy atom. The molecule has 0 spiro atoms. The van der Waals surface area contributed by atoms with Crippen LogP contribution in [0.15, 0.2) is 0 Å². The van der Waals surface area contributed by atoms with Crippen LogP contribution in [0.1, 0.15) is 52.9 Å². The molecule has 1 aliphatic carbocycles. The molecule has 0 radical (unpaired) electrons. The van der Waals surface area contributed by atoms with Crippen molar-refractivity contribution in [1.29, 1.82) is 0 Å². The predicted molar refractivity (Wildman–Crippen MR) is 65.4 cm³/mol. The molecule has 4 heteroatoms. The summed E-state index contributed by atoms with van der Waals surface area (Å²) in [5.41, 5.74) is 0. The Morgan fingerprint density at radius 1 is 1.20 bits per heavy atom. The van der Waals surface area contributed by atoms with Crippen molar-refractivity contribution in [2.45, 2.75) is 58.9 Å². The quantitative estimate of drug-likeness (QED) is 0.799.